The van der Waals surface area contributed by atoms with Gasteiger partial charge in [-0.2, -0.15) is 0 Å². The molecule has 0 saturated heterocycles. The Morgan fingerprint density at radius 2 is 0.582 bits per heavy atom. The summed E-state index contributed by atoms with van der Waals surface area (Å²) in [5.74, 6) is 0. The Balaban J connectivity index is 0.914. The first-order valence-corrected chi connectivity index (χ1v) is 23.2. The van der Waals surface area contributed by atoms with Gasteiger partial charge in [0, 0.05) is 50.0 Å². The van der Waals surface area contributed by atoms with E-state index in [1.165, 1.54) is 116 Å². The molecule has 0 aliphatic heterocycles. The zero-order valence-electron chi connectivity index (χ0n) is 38.2. The molecule has 3 heteroatoms. The Bertz CT molecular complexity index is 3730. The molecule has 10 aromatic carbocycles. The van der Waals surface area contributed by atoms with Gasteiger partial charge in [-0.1, -0.05) is 121 Å². The number of hydrogen-bond acceptors (Lipinski definition) is 1. The Labute approximate surface area is 392 Å². The smallest absolute Gasteiger partial charge is 0.0541 e. The monoisotopic (exact) mass is 859 g/mol. The second-order valence-electron chi connectivity index (χ2n) is 18.2. The lowest BCUT2D eigenvalue weighted by atomic mass is 9.97. The summed E-state index contributed by atoms with van der Waals surface area (Å²) in [5.41, 5.74) is 22.8. The van der Waals surface area contributed by atoms with Gasteiger partial charge in [0.1, 0.15) is 0 Å². The summed E-state index contributed by atoms with van der Waals surface area (Å²) in [4.78, 5) is 2.38. The third kappa shape index (κ3) is 7.17. The number of aryl methyl sites for hydroxylation is 4. The van der Waals surface area contributed by atoms with Crippen LogP contribution in [0.15, 0.2) is 224 Å². The molecule has 0 spiro atoms. The molecule has 0 unspecified atom stereocenters. The highest BCUT2D eigenvalue weighted by Crippen LogP contribution is 2.41. The normalized spacial score (nSPS) is 11.6. The second kappa shape index (κ2) is 16.2. The highest BCUT2D eigenvalue weighted by Gasteiger charge is 2.18. The summed E-state index contributed by atoms with van der Waals surface area (Å²) in [5, 5.41) is 4.97. The molecule has 67 heavy (non-hydrogen) atoms. The first-order chi connectivity index (χ1) is 32.8. The van der Waals surface area contributed by atoms with Crippen LogP contribution in [0.25, 0.3) is 88.4 Å². The number of rotatable bonds is 8. The molecule has 0 bridgehead atoms. The van der Waals surface area contributed by atoms with Crippen molar-refractivity contribution in [2.75, 3.05) is 4.90 Å². The molecule has 0 saturated carbocycles. The maximum atomic E-state index is 2.41. The minimum atomic E-state index is 1.14. The van der Waals surface area contributed by atoms with Gasteiger partial charge in [0.25, 0.3) is 0 Å². The number of para-hydroxylation sites is 3. The third-order valence-electron chi connectivity index (χ3n) is 13.4. The zero-order valence-corrected chi connectivity index (χ0v) is 38.2. The van der Waals surface area contributed by atoms with E-state index < -0.39 is 0 Å². The maximum Gasteiger partial charge on any atom is 0.0541 e. The lowest BCUT2D eigenvalue weighted by Crippen LogP contribution is -2.11. The van der Waals surface area contributed by atoms with Crippen molar-refractivity contribution in [2.24, 2.45) is 0 Å². The average Bonchev–Trinajstić information content (AvgIpc) is 3.86. The SMILES string of the molecule is Cc1cc(C)cc(N(c2ccc(-c3ccc(-c4ccc5c(c4)c4cc(-c6ccc7c(c6)c6ccccc6n7-c6ccccc6)ccc4n5-c4ccccc4)cc3)cc2)c2cc(C)cc(C)c2)c1. The summed E-state index contributed by atoms with van der Waals surface area (Å²) in [7, 11) is 0. The van der Waals surface area contributed by atoms with Crippen molar-refractivity contribution in [2.45, 2.75) is 27.7 Å². The summed E-state index contributed by atoms with van der Waals surface area (Å²) in [6, 6.07) is 82.7. The van der Waals surface area contributed by atoms with Gasteiger partial charge in [0.15, 0.2) is 0 Å². The van der Waals surface area contributed by atoms with E-state index in [-0.39, 0.29) is 0 Å². The fourth-order valence-corrected chi connectivity index (χ4v) is 10.5. The first-order valence-electron chi connectivity index (χ1n) is 23.2. The van der Waals surface area contributed by atoms with Gasteiger partial charge < -0.3 is 14.0 Å². The largest absolute Gasteiger partial charge is 0.310 e. The van der Waals surface area contributed by atoms with Crippen LogP contribution in [0.3, 0.4) is 0 Å². The summed E-state index contributed by atoms with van der Waals surface area (Å²) >= 11 is 0. The lowest BCUT2D eigenvalue weighted by Gasteiger charge is -2.27. The number of nitrogens with zero attached hydrogens (tertiary/aromatic N) is 3. The van der Waals surface area contributed by atoms with Crippen LogP contribution in [-0.2, 0) is 0 Å². The molecule has 0 N–H and O–H groups in total. The van der Waals surface area contributed by atoms with Crippen molar-refractivity contribution in [3.63, 3.8) is 0 Å². The van der Waals surface area contributed by atoms with Crippen LogP contribution in [-0.4, -0.2) is 9.13 Å². The average molecular weight is 860 g/mol. The van der Waals surface area contributed by atoms with Crippen molar-refractivity contribution >= 4 is 60.7 Å². The quantitative estimate of drug-likeness (QED) is 0.148. The van der Waals surface area contributed by atoms with E-state index in [1.807, 2.05) is 0 Å². The number of aromatic nitrogens is 2. The predicted molar refractivity (Wildman–Crippen MR) is 285 cm³/mol. The van der Waals surface area contributed by atoms with E-state index in [4.69, 9.17) is 0 Å². The van der Waals surface area contributed by atoms with E-state index in [0.29, 0.717) is 0 Å². The predicted octanol–water partition coefficient (Wildman–Crippen LogP) is 17.6. The molecule has 0 aliphatic rings. The minimum absolute atomic E-state index is 1.14. The van der Waals surface area contributed by atoms with E-state index in [1.54, 1.807) is 0 Å². The van der Waals surface area contributed by atoms with Crippen molar-refractivity contribution in [1.82, 2.24) is 9.13 Å². The highest BCUT2D eigenvalue weighted by atomic mass is 15.1. The fourth-order valence-electron chi connectivity index (χ4n) is 10.5. The van der Waals surface area contributed by atoms with Crippen LogP contribution < -0.4 is 4.90 Å². The van der Waals surface area contributed by atoms with Crippen LogP contribution in [0.1, 0.15) is 22.3 Å². The zero-order chi connectivity index (χ0) is 45.2. The molecule has 0 aliphatic carbocycles. The first kappa shape index (κ1) is 40.1. The van der Waals surface area contributed by atoms with Gasteiger partial charge in [0.05, 0.1) is 22.1 Å². The van der Waals surface area contributed by atoms with Crippen LogP contribution in [0.2, 0.25) is 0 Å². The second-order valence-corrected chi connectivity index (χ2v) is 18.2. The van der Waals surface area contributed by atoms with Crippen LogP contribution in [0, 0.1) is 27.7 Å². The van der Waals surface area contributed by atoms with Crippen molar-refractivity contribution < 1.29 is 0 Å². The van der Waals surface area contributed by atoms with Gasteiger partial charge in [-0.15, -0.1) is 0 Å². The highest BCUT2D eigenvalue weighted by molar-refractivity contribution is 6.13. The van der Waals surface area contributed by atoms with Crippen LogP contribution in [0.5, 0.6) is 0 Å². The van der Waals surface area contributed by atoms with E-state index in [0.717, 1.165) is 11.4 Å². The molecule has 0 radical (unpaired) electrons. The van der Waals surface area contributed by atoms with Gasteiger partial charge >= 0.3 is 0 Å². The van der Waals surface area contributed by atoms with Gasteiger partial charge in [-0.3, -0.25) is 0 Å². The third-order valence-corrected chi connectivity index (χ3v) is 13.4. The molecule has 320 valence electrons. The number of hydrogen-bond donors (Lipinski definition) is 0. The van der Waals surface area contributed by atoms with E-state index in [2.05, 4.69) is 266 Å². The minimum Gasteiger partial charge on any atom is -0.310 e. The summed E-state index contributed by atoms with van der Waals surface area (Å²) in [6.07, 6.45) is 0. The Morgan fingerprint density at radius 3 is 1.03 bits per heavy atom. The Morgan fingerprint density at radius 1 is 0.254 bits per heavy atom. The van der Waals surface area contributed by atoms with E-state index >= 15 is 0 Å². The van der Waals surface area contributed by atoms with Crippen molar-refractivity contribution in [3.05, 3.63) is 247 Å². The lowest BCUT2D eigenvalue weighted by molar-refractivity contribution is 1.18. The fraction of sp³-hybridized carbons (Fsp3) is 0.0625. The summed E-state index contributed by atoms with van der Waals surface area (Å²) < 4.78 is 4.78. The topological polar surface area (TPSA) is 13.1 Å². The molecule has 12 aromatic rings. The molecule has 0 atom stereocenters. The number of benzene rings is 10. The molecule has 0 amide bonds. The Hall–Kier alpha value is -8.40. The standard InChI is InChI=1S/C64H49N3/c1-42-33-43(2)36-55(35-42)65(56-37-44(3)34-45(4)38-56)54-28-23-47(24-29-54)46-19-21-48(22-20-46)49-25-30-63-59(39-49)60-41-51(27-32-64(60)67(63)53-15-9-6-10-16-53)50-26-31-62-58(40-50)57-17-11-12-18-61(57)66(62)52-13-7-5-8-14-52/h5-41H,1-4H3. The molecule has 12 rings (SSSR count). The van der Waals surface area contributed by atoms with Gasteiger partial charge in [-0.05, 0) is 186 Å². The summed E-state index contributed by atoms with van der Waals surface area (Å²) in [6.45, 7) is 8.70. The van der Waals surface area contributed by atoms with E-state index in [9.17, 15) is 0 Å². The molecule has 2 aromatic heterocycles. The molecular weight excluding hydrogens is 811 g/mol. The van der Waals surface area contributed by atoms with Crippen molar-refractivity contribution in [1.29, 1.82) is 0 Å². The van der Waals surface area contributed by atoms with Gasteiger partial charge in [-0.25, -0.2) is 0 Å². The maximum absolute atomic E-state index is 2.41. The van der Waals surface area contributed by atoms with Gasteiger partial charge in [0.2, 0.25) is 0 Å². The molecule has 2 heterocycles. The molecule has 0 fully saturated rings. The van der Waals surface area contributed by atoms with Crippen LogP contribution >= 0.6 is 0 Å². The molecular formula is C64H49N3. The number of anilines is 3. The number of fused-ring (bicyclic) bond motifs is 6. The Kier molecular flexibility index (Phi) is 9.73. The van der Waals surface area contributed by atoms with Crippen LogP contribution in [0.4, 0.5) is 17.1 Å². The molecule has 3 nitrogen and oxygen atoms in total. The van der Waals surface area contributed by atoms with Crippen molar-refractivity contribution in [3.8, 4) is 44.8 Å².